The molecule has 25 heavy (non-hydrogen) atoms. The summed E-state index contributed by atoms with van der Waals surface area (Å²) in [7, 11) is -3.10. The number of rotatable bonds is 6. The third-order valence-corrected chi connectivity index (χ3v) is 5.88. The minimum atomic E-state index is -3.10. The molecule has 0 aliphatic carbocycles. The fourth-order valence-electron chi connectivity index (χ4n) is 3.15. The van der Waals surface area contributed by atoms with Gasteiger partial charge in [-0.2, -0.15) is 4.31 Å². The summed E-state index contributed by atoms with van der Waals surface area (Å²) < 4.78 is 24.5. The first kappa shape index (κ1) is 17.9. The molecule has 1 aliphatic rings. The van der Waals surface area contributed by atoms with Crippen LogP contribution in [0.15, 0.2) is 30.5 Å². The van der Waals surface area contributed by atoms with E-state index in [0.29, 0.717) is 39.1 Å². The van der Waals surface area contributed by atoms with Crippen LogP contribution in [0.1, 0.15) is 5.56 Å². The van der Waals surface area contributed by atoms with Crippen LogP contribution in [0, 0.1) is 0 Å². The molecule has 2 aromatic rings. The van der Waals surface area contributed by atoms with Crippen LogP contribution in [-0.2, 0) is 21.2 Å². The Labute approximate surface area is 148 Å². The van der Waals surface area contributed by atoms with Gasteiger partial charge in [0.2, 0.25) is 15.9 Å². The van der Waals surface area contributed by atoms with Crippen LogP contribution in [0.3, 0.4) is 0 Å². The number of H-pyrrole nitrogens is 1. The van der Waals surface area contributed by atoms with Crippen LogP contribution in [0.25, 0.3) is 10.9 Å². The fourth-order valence-corrected chi connectivity index (χ4v) is 3.98. The van der Waals surface area contributed by atoms with Gasteiger partial charge in [0, 0.05) is 56.4 Å². The van der Waals surface area contributed by atoms with Gasteiger partial charge >= 0.3 is 0 Å². The second-order valence-electron chi connectivity index (χ2n) is 6.39. The molecule has 1 fully saturated rings. The van der Waals surface area contributed by atoms with Gasteiger partial charge in [0.25, 0.3) is 0 Å². The number of aromatic nitrogens is 1. The summed E-state index contributed by atoms with van der Waals surface area (Å²) in [6.07, 6.45) is 3.48. The zero-order valence-corrected chi connectivity index (χ0v) is 15.2. The number of carbonyl (C=O) groups is 1. The summed E-state index contributed by atoms with van der Waals surface area (Å²) in [6.45, 7) is 3.73. The molecule has 0 saturated carbocycles. The minimum absolute atomic E-state index is 0.000440. The highest BCUT2D eigenvalue weighted by atomic mass is 32.2. The molecular weight excluding hydrogens is 340 g/mol. The highest BCUT2D eigenvalue weighted by Gasteiger charge is 2.22. The number of nitrogens with one attached hydrogen (secondary N) is 2. The van der Waals surface area contributed by atoms with Crippen molar-refractivity contribution in [2.45, 2.75) is 6.42 Å². The van der Waals surface area contributed by atoms with E-state index in [1.807, 2.05) is 30.5 Å². The zero-order chi connectivity index (χ0) is 17.9. The molecular formula is C17H24N4O3S. The van der Waals surface area contributed by atoms with Gasteiger partial charge in [0.15, 0.2) is 0 Å². The van der Waals surface area contributed by atoms with Crippen molar-refractivity contribution >= 4 is 26.8 Å². The summed E-state index contributed by atoms with van der Waals surface area (Å²) >= 11 is 0. The average Bonchev–Trinajstić information content (AvgIpc) is 2.98. The molecule has 1 saturated heterocycles. The Balaban J connectivity index is 1.42. The molecule has 1 aliphatic heterocycles. The van der Waals surface area contributed by atoms with E-state index in [1.54, 1.807) is 0 Å². The van der Waals surface area contributed by atoms with E-state index in [-0.39, 0.29) is 5.91 Å². The number of benzene rings is 1. The Morgan fingerprint density at radius 2 is 1.92 bits per heavy atom. The van der Waals surface area contributed by atoms with Gasteiger partial charge in [-0.05, 0) is 11.6 Å². The van der Waals surface area contributed by atoms with Crippen LogP contribution >= 0.6 is 0 Å². The molecule has 1 amide bonds. The van der Waals surface area contributed by atoms with E-state index in [9.17, 15) is 13.2 Å². The molecule has 2 N–H and O–H groups in total. The van der Waals surface area contributed by atoms with Crippen molar-refractivity contribution in [3.63, 3.8) is 0 Å². The molecule has 0 bridgehead atoms. The monoisotopic (exact) mass is 364 g/mol. The van der Waals surface area contributed by atoms with E-state index in [2.05, 4.69) is 15.2 Å². The van der Waals surface area contributed by atoms with Gasteiger partial charge in [-0.15, -0.1) is 0 Å². The van der Waals surface area contributed by atoms with Crippen molar-refractivity contribution in [2.75, 3.05) is 45.5 Å². The molecule has 0 spiro atoms. The first-order valence-corrected chi connectivity index (χ1v) is 10.3. The third-order valence-electron chi connectivity index (χ3n) is 4.58. The lowest BCUT2D eigenvalue weighted by atomic mass is 10.1. The van der Waals surface area contributed by atoms with Crippen molar-refractivity contribution in [1.82, 2.24) is 19.5 Å². The molecule has 2 heterocycles. The van der Waals surface area contributed by atoms with Crippen molar-refractivity contribution in [3.05, 3.63) is 36.0 Å². The quantitative estimate of drug-likeness (QED) is 0.777. The minimum Gasteiger partial charge on any atom is -0.361 e. The number of fused-ring (bicyclic) bond motifs is 1. The van der Waals surface area contributed by atoms with E-state index in [1.165, 1.54) is 10.6 Å². The maximum absolute atomic E-state index is 12.1. The van der Waals surface area contributed by atoms with Crippen LogP contribution in [0.4, 0.5) is 0 Å². The Kier molecular flexibility index (Phi) is 5.41. The van der Waals surface area contributed by atoms with Crippen molar-refractivity contribution in [1.29, 1.82) is 0 Å². The Morgan fingerprint density at radius 1 is 1.20 bits per heavy atom. The van der Waals surface area contributed by atoms with Crippen LogP contribution in [-0.4, -0.2) is 74.0 Å². The van der Waals surface area contributed by atoms with Crippen molar-refractivity contribution in [2.24, 2.45) is 0 Å². The predicted molar refractivity (Wildman–Crippen MR) is 97.9 cm³/mol. The normalized spacial score (nSPS) is 17.0. The lowest BCUT2D eigenvalue weighted by Gasteiger charge is -2.33. The number of amides is 1. The van der Waals surface area contributed by atoms with Gasteiger partial charge in [-0.25, -0.2) is 8.42 Å². The zero-order valence-electron chi connectivity index (χ0n) is 14.4. The van der Waals surface area contributed by atoms with E-state index in [0.717, 1.165) is 23.0 Å². The summed E-state index contributed by atoms with van der Waals surface area (Å²) in [4.78, 5) is 17.5. The number of hydrogen-bond acceptors (Lipinski definition) is 4. The summed E-state index contributed by atoms with van der Waals surface area (Å²) in [6, 6.07) is 7.93. The first-order valence-electron chi connectivity index (χ1n) is 8.42. The number of sulfonamides is 1. The summed E-state index contributed by atoms with van der Waals surface area (Å²) in [5.41, 5.74) is 2.03. The van der Waals surface area contributed by atoms with Crippen LogP contribution in [0.2, 0.25) is 0 Å². The van der Waals surface area contributed by atoms with E-state index >= 15 is 0 Å². The van der Waals surface area contributed by atoms with Gasteiger partial charge in [-0.3, -0.25) is 9.69 Å². The summed E-state index contributed by atoms with van der Waals surface area (Å²) in [5, 5.41) is 4.03. The molecule has 1 aromatic heterocycles. The Morgan fingerprint density at radius 3 is 2.64 bits per heavy atom. The van der Waals surface area contributed by atoms with Gasteiger partial charge < -0.3 is 10.3 Å². The number of hydrogen-bond donors (Lipinski definition) is 2. The van der Waals surface area contributed by atoms with Gasteiger partial charge in [0.05, 0.1) is 12.7 Å². The van der Waals surface area contributed by atoms with Crippen molar-refractivity contribution in [3.8, 4) is 0 Å². The van der Waals surface area contributed by atoms with Gasteiger partial charge in [-0.1, -0.05) is 18.2 Å². The van der Waals surface area contributed by atoms with E-state index < -0.39 is 10.0 Å². The lowest BCUT2D eigenvalue weighted by molar-refractivity contribution is -0.120. The number of carbonyl (C=O) groups excluding carboxylic acids is 1. The van der Waals surface area contributed by atoms with Crippen molar-refractivity contribution < 1.29 is 13.2 Å². The standard InChI is InChI=1S/C17H24N4O3S/c1-25(23,24)21-10-8-20(9-11-21)7-6-18-17(22)12-14-13-19-16-5-3-2-4-15(14)16/h2-5,13,19H,6-12H2,1H3,(H,18,22). The van der Waals surface area contributed by atoms with Gasteiger partial charge in [0.1, 0.15) is 0 Å². The maximum Gasteiger partial charge on any atom is 0.224 e. The molecule has 1 aromatic carbocycles. The molecule has 0 unspecified atom stereocenters. The maximum atomic E-state index is 12.1. The first-order chi connectivity index (χ1) is 11.9. The number of aromatic amines is 1. The lowest BCUT2D eigenvalue weighted by Crippen LogP contribution is -2.49. The van der Waals surface area contributed by atoms with Crippen LogP contribution in [0.5, 0.6) is 0 Å². The SMILES string of the molecule is CS(=O)(=O)N1CCN(CCNC(=O)Cc2c[nH]c3ccccc23)CC1. The second-order valence-corrected chi connectivity index (χ2v) is 8.37. The molecule has 136 valence electrons. The fraction of sp³-hybridized carbons (Fsp3) is 0.471. The topological polar surface area (TPSA) is 85.5 Å². The van der Waals surface area contributed by atoms with Crippen LogP contribution < -0.4 is 5.32 Å². The highest BCUT2D eigenvalue weighted by molar-refractivity contribution is 7.88. The Hall–Kier alpha value is -1.90. The Bertz CT molecular complexity index is 838. The number of piperazine rings is 1. The predicted octanol–water partition coefficient (Wildman–Crippen LogP) is 0.404. The second kappa shape index (κ2) is 7.55. The number of nitrogens with zero attached hydrogens (tertiary/aromatic N) is 2. The average molecular weight is 364 g/mol. The molecule has 8 heteroatoms. The number of para-hydroxylation sites is 1. The molecule has 0 atom stereocenters. The smallest absolute Gasteiger partial charge is 0.224 e. The molecule has 7 nitrogen and oxygen atoms in total. The molecule has 3 rings (SSSR count). The largest absolute Gasteiger partial charge is 0.361 e. The highest BCUT2D eigenvalue weighted by Crippen LogP contribution is 2.17. The third kappa shape index (κ3) is 4.59. The molecule has 0 radical (unpaired) electrons. The van der Waals surface area contributed by atoms with E-state index in [4.69, 9.17) is 0 Å². The summed E-state index contributed by atoms with van der Waals surface area (Å²) in [5.74, 6) is -0.000440.